The molecule has 0 N–H and O–H groups in total. The van der Waals surface area contributed by atoms with E-state index in [0.29, 0.717) is 28.7 Å². The van der Waals surface area contributed by atoms with E-state index in [1.54, 1.807) is 12.1 Å². The number of carbonyl (C=O) groups is 1. The van der Waals surface area contributed by atoms with Crippen molar-refractivity contribution in [2.45, 2.75) is 0 Å². The first-order chi connectivity index (χ1) is 14.9. The molecule has 0 aliphatic rings. The van der Waals surface area contributed by atoms with E-state index in [4.69, 9.17) is 9.15 Å². The molecule has 0 radical (unpaired) electrons. The van der Waals surface area contributed by atoms with Gasteiger partial charge in [0.15, 0.2) is 5.58 Å². The highest BCUT2D eigenvalue weighted by molar-refractivity contribution is 14.1. The number of ether oxygens (including phenoxy) is 1. The number of aromatic nitrogens is 1. The third-order valence-corrected chi connectivity index (χ3v) is 5.30. The molecule has 0 aliphatic carbocycles. The van der Waals surface area contributed by atoms with E-state index >= 15 is 0 Å². The molecule has 3 aromatic rings. The zero-order valence-electron chi connectivity index (χ0n) is 17.7. The van der Waals surface area contributed by atoms with Crippen LogP contribution in [0.5, 0.6) is 0 Å². The summed E-state index contributed by atoms with van der Waals surface area (Å²) in [4.78, 5) is 31.9. The van der Waals surface area contributed by atoms with Crippen LogP contribution in [0, 0.1) is 0 Å². The van der Waals surface area contributed by atoms with Crippen molar-refractivity contribution in [1.29, 1.82) is 0 Å². The predicted octanol–water partition coefficient (Wildman–Crippen LogP) is 3.84. The fourth-order valence-corrected chi connectivity index (χ4v) is 3.09. The fraction of sp³-hybridized carbons (Fsp3) is 0.261. The van der Waals surface area contributed by atoms with Gasteiger partial charge in [-0.2, -0.15) is 0 Å². The van der Waals surface area contributed by atoms with Crippen molar-refractivity contribution in [3.63, 3.8) is 0 Å². The maximum atomic E-state index is 12.3. The number of rotatable bonds is 8. The summed E-state index contributed by atoms with van der Waals surface area (Å²) in [6.07, 6.45) is 3.48. The molecule has 1 aromatic heterocycles. The van der Waals surface area contributed by atoms with Gasteiger partial charge in [0.2, 0.25) is 0 Å². The predicted molar refractivity (Wildman–Crippen MR) is 133 cm³/mol. The van der Waals surface area contributed by atoms with Crippen LogP contribution < -0.4 is 15.4 Å². The minimum absolute atomic E-state index is 0.209. The number of alkyl halides is 1. The van der Waals surface area contributed by atoms with Crippen LogP contribution >= 0.6 is 22.6 Å². The van der Waals surface area contributed by atoms with E-state index in [2.05, 4.69) is 4.98 Å². The summed E-state index contributed by atoms with van der Waals surface area (Å²) in [5, 5.41) is 0. The van der Waals surface area contributed by atoms with Crippen molar-refractivity contribution in [1.82, 2.24) is 4.98 Å². The monoisotopic (exact) mass is 533 g/mol. The molecule has 162 valence electrons. The molecule has 0 saturated carbocycles. The number of anilines is 2. The number of likely N-dealkylation sites (N-methyl/N-ethyl adjacent to an activating group) is 1. The van der Waals surface area contributed by atoms with Gasteiger partial charge in [-0.25, -0.2) is 9.78 Å². The lowest BCUT2D eigenvalue weighted by Crippen LogP contribution is -2.24. The summed E-state index contributed by atoms with van der Waals surface area (Å²) < 4.78 is 10.9. The third kappa shape index (κ3) is 6.06. The lowest BCUT2D eigenvalue weighted by Gasteiger charge is -2.19. The Balaban J connectivity index is 1.69. The summed E-state index contributed by atoms with van der Waals surface area (Å²) in [5.41, 5.74) is 3.74. The van der Waals surface area contributed by atoms with E-state index in [1.807, 2.05) is 96.0 Å². The number of hydrogen-bond acceptors (Lipinski definition) is 7. The number of esters is 1. The quantitative estimate of drug-likeness (QED) is 0.248. The van der Waals surface area contributed by atoms with E-state index in [0.717, 1.165) is 16.9 Å². The highest BCUT2D eigenvalue weighted by atomic mass is 127. The second kappa shape index (κ2) is 10.4. The summed E-state index contributed by atoms with van der Waals surface area (Å²) >= 11 is 1.98. The molecule has 31 heavy (non-hydrogen) atoms. The van der Waals surface area contributed by atoms with Crippen molar-refractivity contribution in [2.24, 2.45) is 0 Å². The molecule has 7 nitrogen and oxygen atoms in total. The number of fused-ring (bicyclic) bond motifs is 1. The number of carbonyl (C=O) groups excluding carboxylic acids is 1. The van der Waals surface area contributed by atoms with E-state index in [1.165, 1.54) is 0 Å². The molecule has 0 spiro atoms. The lowest BCUT2D eigenvalue weighted by atomic mass is 10.1. The number of hydrogen-bond donors (Lipinski definition) is 0. The van der Waals surface area contributed by atoms with E-state index in [9.17, 15) is 9.59 Å². The number of nitrogens with zero attached hydrogens (tertiary/aromatic N) is 3. The molecule has 0 atom stereocenters. The zero-order chi connectivity index (χ0) is 22.4. The Morgan fingerprint density at radius 1 is 1.10 bits per heavy atom. The van der Waals surface area contributed by atoms with Crippen LogP contribution in [0.15, 0.2) is 51.7 Å². The van der Waals surface area contributed by atoms with E-state index < -0.39 is 5.63 Å². The van der Waals surface area contributed by atoms with Gasteiger partial charge in [0.05, 0.1) is 11.0 Å². The Bertz CT molecular complexity index is 1140. The molecular weight excluding hydrogens is 509 g/mol. The standard InChI is InChI=1S/C23H24IN3O4/c1-26(2)18-9-11-19-21(14-18)31-23(29)20(25-19)10-6-16-4-7-17(8-5-16)27(3)12-13-30-22(28)15-24/h4-11,14H,12-13,15H2,1-3H3/b10-6+. The molecule has 2 aromatic carbocycles. The van der Waals surface area contributed by atoms with Gasteiger partial charge < -0.3 is 19.0 Å². The largest absolute Gasteiger partial charge is 0.463 e. The minimum Gasteiger partial charge on any atom is -0.463 e. The number of halogens is 1. The Morgan fingerprint density at radius 2 is 1.81 bits per heavy atom. The highest BCUT2D eigenvalue weighted by Gasteiger charge is 2.07. The Morgan fingerprint density at radius 3 is 2.48 bits per heavy atom. The average Bonchev–Trinajstić information content (AvgIpc) is 2.77. The van der Waals surface area contributed by atoms with Crippen LogP contribution in [0.25, 0.3) is 23.3 Å². The first kappa shape index (κ1) is 22.8. The minimum atomic E-state index is -0.475. The van der Waals surface area contributed by atoms with E-state index in [-0.39, 0.29) is 11.7 Å². The van der Waals surface area contributed by atoms with Crippen molar-refractivity contribution in [3.05, 3.63) is 64.1 Å². The number of benzene rings is 2. The van der Waals surface area contributed by atoms with Gasteiger partial charge in [-0.3, -0.25) is 4.79 Å². The van der Waals surface area contributed by atoms with Gasteiger partial charge in [0.25, 0.3) is 0 Å². The topological polar surface area (TPSA) is 75.9 Å². The van der Waals surface area contributed by atoms with Crippen LogP contribution in [0.4, 0.5) is 11.4 Å². The van der Waals surface area contributed by atoms with Crippen LogP contribution in [-0.2, 0) is 9.53 Å². The molecule has 1 heterocycles. The van der Waals surface area contributed by atoms with Crippen LogP contribution in [0.2, 0.25) is 0 Å². The summed E-state index contributed by atoms with van der Waals surface area (Å²) in [5.74, 6) is -0.209. The summed E-state index contributed by atoms with van der Waals surface area (Å²) in [6.45, 7) is 0.953. The van der Waals surface area contributed by atoms with Crippen molar-refractivity contribution in [2.75, 3.05) is 48.5 Å². The van der Waals surface area contributed by atoms with Crippen LogP contribution in [0.1, 0.15) is 11.3 Å². The molecule has 0 fully saturated rings. The molecule has 3 rings (SSSR count). The van der Waals surface area contributed by atoms with Gasteiger partial charge >= 0.3 is 11.6 Å². The Kier molecular flexibility index (Phi) is 7.67. The zero-order valence-corrected chi connectivity index (χ0v) is 19.8. The van der Waals surface area contributed by atoms with Crippen molar-refractivity contribution >= 4 is 63.2 Å². The molecule has 8 heteroatoms. The normalized spacial score (nSPS) is 11.1. The first-order valence-electron chi connectivity index (χ1n) is 9.70. The Hall–Kier alpha value is -2.88. The van der Waals surface area contributed by atoms with Gasteiger partial charge in [0.1, 0.15) is 17.8 Å². The smallest absolute Gasteiger partial charge is 0.362 e. The Labute approximate surface area is 194 Å². The van der Waals surface area contributed by atoms with Crippen molar-refractivity contribution < 1.29 is 13.9 Å². The van der Waals surface area contributed by atoms with Crippen LogP contribution in [-0.4, -0.2) is 49.7 Å². The molecule has 0 bridgehead atoms. The first-order valence-corrected chi connectivity index (χ1v) is 11.2. The van der Waals surface area contributed by atoms with Gasteiger partial charge in [-0.05, 0) is 35.9 Å². The third-order valence-electron chi connectivity index (χ3n) is 4.68. The van der Waals surface area contributed by atoms with Gasteiger partial charge in [0, 0.05) is 38.6 Å². The molecular formula is C23H24IN3O4. The second-order valence-electron chi connectivity index (χ2n) is 7.13. The molecule has 0 unspecified atom stereocenters. The maximum Gasteiger partial charge on any atom is 0.362 e. The lowest BCUT2D eigenvalue weighted by molar-refractivity contribution is -0.139. The SMILES string of the molecule is CN(C)c1ccc2nc(/C=C/c3ccc(N(C)CCOC(=O)CI)cc3)c(=O)oc2c1. The van der Waals surface area contributed by atoms with Gasteiger partial charge in [-0.15, -0.1) is 0 Å². The second-order valence-corrected chi connectivity index (χ2v) is 7.90. The fourth-order valence-electron chi connectivity index (χ4n) is 2.87. The maximum absolute atomic E-state index is 12.3. The highest BCUT2D eigenvalue weighted by Crippen LogP contribution is 2.19. The average molecular weight is 533 g/mol. The van der Waals surface area contributed by atoms with Gasteiger partial charge in [-0.1, -0.05) is 40.8 Å². The van der Waals surface area contributed by atoms with Crippen LogP contribution in [0.3, 0.4) is 0 Å². The molecule has 0 saturated heterocycles. The molecule has 0 amide bonds. The molecule has 0 aliphatic heterocycles. The summed E-state index contributed by atoms with van der Waals surface area (Å²) in [6, 6.07) is 13.4. The summed E-state index contributed by atoms with van der Waals surface area (Å²) in [7, 11) is 5.79. The van der Waals surface area contributed by atoms with Crippen molar-refractivity contribution in [3.8, 4) is 0 Å².